The molecule has 1 aromatic rings. The molecule has 1 N–H and O–H groups in total. The van der Waals surface area contributed by atoms with Gasteiger partial charge in [-0.25, -0.2) is 0 Å². The van der Waals surface area contributed by atoms with E-state index in [4.69, 9.17) is 23.2 Å². The average Bonchev–Trinajstić information content (AvgIpc) is 2.31. The third kappa shape index (κ3) is 4.71. The van der Waals surface area contributed by atoms with E-state index in [0.29, 0.717) is 6.04 Å². The third-order valence-electron chi connectivity index (χ3n) is 2.72. The van der Waals surface area contributed by atoms with Gasteiger partial charge in [-0.2, -0.15) is 0 Å². The largest absolute Gasteiger partial charge is 0.314 e. The molecule has 17 heavy (non-hydrogen) atoms. The number of hydrogen-bond donors (Lipinski definition) is 1. The molecule has 1 unspecified atom stereocenters. The summed E-state index contributed by atoms with van der Waals surface area (Å²) in [5.41, 5.74) is 1.03. The van der Waals surface area contributed by atoms with Gasteiger partial charge in [0.2, 0.25) is 0 Å². The molecule has 0 aromatic heterocycles. The number of hydrogen-bond acceptors (Lipinski definition) is 1. The number of nitrogens with one attached hydrogen (secondary N) is 1. The zero-order chi connectivity index (χ0) is 12.7. The smallest absolute Gasteiger partial charge is 0.0453 e. The second-order valence-electron chi connectivity index (χ2n) is 4.02. The fourth-order valence-electron chi connectivity index (χ4n) is 1.86. The lowest BCUT2D eigenvalue weighted by atomic mass is 10.0. The first-order valence-corrected chi connectivity index (χ1v) is 6.71. The second-order valence-corrected chi connectivity index (χ2v) is 4.84. The van der Waals surface area contributed by atoms with E-state index in [9.17, 15) is 0 Å². The topological polar surface area (TPSA) is 12.0 Å². The van der Waals surface area contributed by atoms with Crippen LogP contribution in [0.15, 0.2) is 30.9 Å². The van der Waals surface area contributed by atoms with Gasteiger partial charge in [0.15, 0.2) is 0 Å². The van der Waals surface area contributed by atoms with E-state index in [1.165, 1.54) is 0 Å². The van der Waals surface area contributed by atoms with Crippen molar-refractivity contribution in [1.29, 1.82) is 0 Å². The number of benzene rings is 1. The normalized spacial score (nSPS) is 12.4. The molecule has 1 rings (SSSR count). The van der Waals surface area contributed by atoms with Crippen molar-refractivity contribution in [2.24, 2.45) is 0 Å². The van der Waals surface area contributed by atoms with Crippen LogP contribution in [0.5, 0.6) is 0 Å². The minimum absolute atomic E-state index is 0.399. The molecule has 3 heteroatoms. The number of rotatable bonds is 7. The van der Waals surface area contributed by atoms with Crippen molar-refractivity contribution in [3.63, 3.8) is 0 Å². The fourth-order valence-corrected chi connectivity index (χ4v) is 2.41. The first kappa shape index (κ1) is 14.6. The van der Waals surface area contributed by atoms with Gasteiger partial charge in [0.05, 0.1) is 0 Å². The van der Waals surface area contributed by atoms with Gasteiger partial charge in [-0.15, -0.1) is 6.58 Å². The Hall–Kier alpha value is -0.500. The lowest BCUT2D eigenvalue weighted by Crippen LogP contribution is -2.31. The second kappa shape index (κ2) is 7.75. The maximum atomic E-state index is 6.18. The molecule has 0 radical (unpaired) electrons. The molecule has 0 amide bonds. The summed E-state index contributed by atoms with van der Waals surface area (Å²) >= 11 is 12.4. The summed E-state index contributed by atoms with van der Waals surface area (Å²) in [4.78, 5) is 0. The van der Waals surface area contributed by atoms with Gasteiger partial charge in [0.25, 0.3) is 0 Å². The van der Waals surface area contributed by atoms with E-state index in [2.05, 4.69) is 18.8 Å². The molecule has 0 aliphatic rings. The summed E-state index contributed by atoms with van der Waals surface area (Å²) in [5, 5.41) is 4.95. The van der Waals surface area contributed by atoms with E-state index >= 15 is 0 Å². The highest BCUT2D eigenvalue weighted by molar-refractivity contribution is 6.35. The van der Waals surface area contributed by atoms with Gasteiger partial charge in [-0.1, -0.05) is 42.3 Å². The van der Waals surface area contributed by atoms with Gasteiger partial charge >= 0.3 is 0 Å². The third-order valence-corrected chi connectivity index (χ3v) is 3.43. The lowest BCUT2D eigenvalue weighted by molar-refractivity contribution is 0.495. The van der Waals surface area contributed by atoms with Crippen molar-refractivity contribution < 1.29 is 0 Å². The highest BCUT2D eigenvalue weighted by Gasteiger charge is 2.12. The lowest BCUT2D eigenvalue weighted by Gasteiger charge is -2.18. The summed E-state index contributed by atoms with van der Waals surface area (Å²) in [5.74, 6) is 0. The van der Waals surface area contributed by atoms with Crippen LogP contribution in [-0.4, -0.2) is 12.6 Å². The van der Waals surface area contributed by atoms with Crippen molar-refractivity contribution >= 4 is 23.2 Å². The van der Waals surface area contributed by atoms with E-state index in [0.717, 1.165) is 41.4 Å². The van der Waals surface area contributed by atoms with E-state index in [1.807, 2.05) is 24.3 Å². The molecule has 1 aromatic carbocycles. The summed E-state index contributed by atoms with van der Waals surface area (Å²) in [6.07, 6.45) is 4.86. The van der Waals surface area contributed by atoms with Gasteiger partial charge in [-0.05, 0) is 43.5 Å². The quantitative estimate of drug-likeness (QED) is 0.721. The first-order valence-electron chi connectivity index (χ1n) is 5.96. The molecular weight excluding hydrogens is 253 g/mol. The Kier molecular flexibility index (Phi) is 6.64. The van der Waals surface area contributed by atoms with Gasteiger partial charge in [0, 0.05) is 16.1 Å². The minimum atomic E-state index is 0.399. The molecule has 1 nitrogen and oxygen atoms in total. The highest BCUT2D eigenvalue weighted by atomic mass is 35.5. The maximum Gasteiger partial charge on any atom is 0.0453 e. The molecule has 0 bridgehead atoms. The number of likely N-dealkylation sites (N-methyl/N-ethyl adjacent to an activating group) is 1. The zero-order valence-electron chi connectivity index (χ0n) is 10.2. The Labute approximate surface area is 114 Å². The van der Waals surface area contributed by atoms with Crippen molar-refractivity contribution in [3.8, 4) is 0 Å². The first-order chi connectivity index (χ1) is 8.19. The van der Waals surface area contributed by atoms with Crippen LogP contribution in [0.1, 0.15) is 25.3 Å². The number of halogens is 2. The van der Waals surface area contributed by atoms with Gasteiger partial charge in [0.1, 0.15) is 0 Å². The standard InChI is InChI=1S/C14H19Cl2N/c1-3-5-7-11(17-4-2)10-12-13(15)8-6-9-14(12)16/h3,6,8-9,11,17H,1,4-5,7,10H2,2H3. The van der Waals surface area contributed by atoms with Crippen molar-refractivity contribution in [3.05, 3.63) is 46.5 Å². The minimum Gasteiger partial charge on any atom is -0.314 e. The van der Waals surface area contributed by atoms with Crippen molar-refractivity contribution in [2.75, 3.05) is 6.54 Å². The Morgan fingerprint density at radius 1 is 1.35 bits per heavy atom. The molecule has 0 aliphatic heterocycles. The fraction of sp³-hybridized carbons (Fsp3) is 0.429. The van der Waals surface area contributed by atoms with Crippen molar-refractivity contribution in [1.82, 2.24) is 5.32 Å². The summed E-state index contributed by atoms with van der Waals surface area (Å²) in [7, 11) is 0. The predicted octanol–water partition coefficient (Wildman–Crippen LogP) is 4.48. The van der Waals surface area contributed by atoms with Crippen LogP contribution in [0.25, 0.3) is 0 Å². The Morgan fingerprint density at radius 3 is 2.53 bits per heavy atom. The van der Waals surface area contributed by atoms with Gasteiger partial charge < -0.3 is 5.32 Å². The molecule has 94 valence electrons. The van der Waals surface area contributed by atoms with Gasteiger partial charge in [-0.3, -0.25) is 0 Å². The Morgan fingerprint density at radius 2 is 2.00 bits per heavy atom. The summed E-state index contributed by atoms with van der Waals surface area (Å²) in [6.45, 7) is 6.81. The molecule has 0 aliphatic carbocycles. The van der Waals surface area contributed by atoms with Crippen LogP contribution < -0.4 is 5.32 Å². The molecule has 1 atom stereocenters. The Balaban J connectivity index is 2.74. The van der Waals surface area contributed by atoms with E-state index in [-0.39, 0.29) is 0 Å². The maximum absolute atomic E-state index is 6.18. The van der Waals surface area contributed by atoms with Crippen LogP contribution in [0.3, 0.4) is 0 Å². The van der Waals surface area contributed by atoms with E-state index in [1.54, 1.807) is 0 Å². The average molecular weight is 272 g/mol. The molecule has 0 spiro atoms. The predicted molar refractivity (Wildman–Crippen MR) is 77.1 cm³/mol. The summed E-state index contributed by atoms with van der Waals surface area (Å²) in [6, 6.07) is 6.05. The molecule has 0 saturated carbocycles. The van der Waals surface area contributed by atoms with Crippen LogP contribution in [0, 0.1) is 0 Å². The summed E-state index contributed by atoms with van der Waals surface area (Å²) < 4.78 is 0. The van der Waals surface area contributed by atoms with Crippen LogP contribution in [0.4, 0.5) is 0 Å². The SMILES string of the molecule is C=CCCC(Cc1c(Cl)cccc1Cl)NCC. The van der Waals surface area contributed by atoms with Crippen LogP contribution >= 0.6 is 23.2 Å². The highest BCUT2D eigenvalue weighted by Crippen LogP contribution is 2.26. The zero-order valence-corrected chi connectivity index (χ0v) is 11.7. The molecule has 0 heterocycles. The monoisotopic (exact) mass is 271 g/mol. The molecule has 0 fully saturated rings. The van der Waals surface area contributed by atoms with Crippen LogP contribution in [-0.2, 0) is 6.42 Å². The van der Waals surface area contributed by atoms with E-state index < -0.39 is 0 Å². The molecular formula is C14H19Cl2N. The number of allylic oxidation sites excluding steroid dienone is 1. The molecule has 0 saturated heterocycles. The van der Waals surface area contributed by atoms with Crippen LogP contribution in [0.2, 0.25) is 10.0 Å². The Bertz CT molecular complexity index is 343. The van der Waals surface area contributed by atoms with Crippen molar-refractivity contribution in [2.45, 2.75) is 32.2 Å².